The number of benzene rings is 1. The number of halogens is 2. The molecule has 0 bridgehead atoms. The van der Waals surface area contributed by atoms with Crippen LogP contribution in [0.4, 0.5) is 4.39 Å². The Bertz CT molecular complexity index is 392. The molecule has 0 unspecified atom stereocenters. The molecule has 1 fully saturated rings. The van der Waals surface area contributed by atoms with Gasteiger partial charge in [-0.05, 0) is 30.2 Å². The Balaban J connectivity index is 2.26. The lowest BCUT2D eigenvalue weighted by Gasteiger charge is -2.01. The molecular formula is C10H8BrFO2. The molecule has 0 aliphatic heterocycles. The molecule has 0 radical (unpaired) electrons. The Hall–Kier alpha value is -0.900. The van der Waals surface area contributed by atoms with Crippen molar-refractivity contribution in [1.29, 1.82) is 0 Å². The summed E-state index contributed by atoms with van der Waals surface area (Å²) in [5.74, 6) is -1.71. The number of aliphatic carboxylic acids is 1. The largest absolute Gasteiger partial charge is 0.481 e. The molecule has 2 rings (SSSR count). The zero-order chi connectivity index (χ0) is 10.3. The van der Waals surface area contributed by atoms with E-state index in [1.807, 2.05) is 0 Å². The van der Waals surface area contributed by atoms with Crippen LogP contribution in [-0.4, -0.2) is 11.1 Å². The summed E-state index contributed by atoms with van der Waals surface area (Å²) in [6.45, 7) is 0. The Morgan fingerprint density at radius 3 is 2.86 bits per heavy atom. The van der Waals surface area contributed by atoms with Crippen molar-refractivity contribution in [1.82, 2.24) is 0 Å². The topological polar surface area (TPSA) is 37.3 Å². The van der Waals surface area contributed by atoms with Crippen molar-refractivity contribution in [3.05, 3.63) is 34.1 Å². The normalized spacial score (nSPS) is 24.7. The van der Waals surface area contributed by atoms with Crippen molar-refractivity contribution >= 4 is 21.9 Å². The molecular weight excluding hydrogens is 251 g/mol. The number of hydrogen-bond donors (Lipinski definition) is 1. The fraction of sp³-hybridized carbons (Fsp3) is 0.300. The van der Waals surface area contributed by atoms with Gasteiger partial charge in [0.25, 0.3) is 0 Å². The maximum Gasteiger partial charge on any atom is 0.307 e. The van der Waals surface area contributed by atoms with Crippen LogP contribution in [-0.2, 0) is 4.79 Å². The first-order valence-corrected chi connectivity index (χ1v) is 5.06. The van der Waals surface area contributed by atoms with Crippen molar-refractivity contribution in [3.63, 3.8) is 0 Å². The van der Waals surface area contributed by atoms with Gasteiger partial charge in [-0.1, -0.05) is 15.9 Å². The van der Waals surface area contributed by atoms with Gasteiger partial charge in [-0.25, -0.2) is 4.39 Å². The van der Waals surface area contributed by atoms with Gasteiger partial charge in [-0.3, -0.25) is 4.79 Å². The molecule has 0 spiro atoms. The maximum atomic E-state index is 13.3. The first-order valence-electron chi connectivity index (χ1n) is 4.27. The first kappa shape index (κ1) is 9.65. The SMILES string of the molecule is O=C(O)[C@@H]1C[C@H]1c1cc(Br)ccc1F. The van der Waals surface area contributed by atoms with Crippen LogP contribution in [0.2, 0.25) is 0 Å². The van der Waals surface area contributed by atoms with E-state index in [2.05, 4.69) is 15.9 Å². The van der Waals surface area contributed by atoms with Gasteiger partial charge in [0.2, 0.25) is 0 Å². The Morgan fingerprint density at radius 1 is 1.57 bits per heavy atom. The van der Waals surface area contributed by atoms with Gasteiger partial charge in [0.05, 0.1) is 5.92 Å². The summed E-state index contributed by atoms with van der Waals surface area (Å²) in [6, 6.07) is 4.62. The van der Waals surface area contributed by atoms with E-state index in [9.17, 15) is 9.18 Å². The lowest BCUT2D eigenvalue weighted by Crippen LogP contribution is -2.00. The molecule has 1 aromatic rings. The minimum absolute atomic E-state index is 0.148. The minimum Gasteiger partial charge on any atom is -0.481 e. The van der Waals surface area contributed by atoms with E-state index in [1.165, 1.54) is 6.07 Å². The summed E-state index contributed by atoms with van der Waals surface area (Å²) < 4.78 is 14.1. The molecule has 1 aliphatic rings. The van der Waals surface area contributed by atoms with Gasteiger partial charge in [-0.15, -0.1) is 0 Å². The predicted molar refractivity (Wildman–Crippen MR) is 52.6 cm³/mol. The second kappa shape index (κ2) is 3.35. The minimum atomic E-state index is -0.839. The van der Waals surface area contributed by atoms with Crippen LogP contribution in [0.1, 0.15) is 17.9 Å². The fourth-order valence-electron chi connectivity index (χ4n) is 1.61. The highest BCUT2D eigenvalue weighted by Gasteiger charge is 2.45. The molecule has 0 amide bonds. The molecule has 1 N–H and O–H groups in total. The van der Waals surface area contributed by atoms with Crippen molar-refractivity contribution in [2.24, 2.45) is 5.92 Å². The number of hydrogen-bond acceptors (Lipinski definition) is 1. The molecule has 1 aliphatic carbocycles. The van der Waals surface area contributed by atoms with E-state index in [4.69, 9.17) is 5.11 Å². The smallest absolute Gasteiger partial charge is 0.307 e. The van der Waals surface area contributed by atoms with Gasteiger partial charge in [0.15, 0.2) is 0 Å². The molecule has 2 atom stereocenters. The molecule has 4 heteroatoms. The van der Waals surface area contributed by atoms with Gasteiger partial charge >= 0.3 is 5.97 Å². The second-order valence-electron chi connectivity index (χ2n) is 3.45. The molecule has 74 valence electrons. The van der Waals surface area contributed by atoms with Crippen molar-refractivity contribution < 1.29 is 14.3 Å². The van der Waals surface area contributed by atoms with E-state index < -0.39 is 11.9 Å². The highest BCUT2D eigenvalue weighted by atomic mass is 79.9. The van der Waals surface area contributed by atoms with Gasteiger partial charge < -0.3 is 5.11 Å². The third-order valence-electron chi connectivity index (χ3n) is 2.47. The van der Waals surface area contributed by atoms with E-state index in [0.717, 1.165) is 4.47 Å². The van der Waals surface area contributed by atoms with Crippen LogP contribution in [0.5, 0.6) is 0 Å². The third-order valence-corrected chi connectivity index (χ3v) is 2.96. The van der Waals surface area contributed by atoms with E-state index in [1.54, 1.807) is 12.1 Å². The second-order valence-corrected chi connectivity index (χ2v) is 4.37. The highest BCUT2D eigenvalue weighted by Crippen LogP contribution is 2.48. The molecule has 0 aromatic heterocycles. The average molecular weight is 259 g/mol. The van der Waals surface area contributed by atoms with Crippen LogP contribution in [0.25, 0.3) is 0 Å². The van der Waals surface area contributed by atoms with E-state index in [0.29, 0.717) is 12.0 Å². The number of carbonyl (C=O) groups is 1. The molecule has 1 aromatic carbocycles. The molecule has 2 nitrogen and oxygen atoms in total. The van der Waals surface area contributed by atoms with E-state index in [-0.39, 0.29) is 11.7 Å². The first-order chi connectivity index (χ1) is 6.59. The number of carboxylic acid groups (broad SMARTS) is 1. The molecule has 1 saturated carbocycles. The monoisotopic (exact) mass is 258 g/mol. The zero-order valence-electron chi connectivity index (χ0n) is 7.21. The highest BCUT2D eigenvalue weighted by molar-refractivity contribution is 9.10. The van der Waals surface area contributed by atoms with Crippen LogP contribution in [0, 0.1) is 11.7 Å². The number of carboxylic acids is 1. The lowest BCUT2D eigenvalue weighted by atomic mass is 10.1. The fourth-order valence-corrected chi connectivity index (χ4v) is 1.99. The standard InChI is InChI=1S/C10H8BrFO2/c11-5-1-2-9(12)7(3-5)6-4-8(6)10(13)14/h1-3,6,8H,4H2,(H,13,14)/t6-,8+/m0/s1. The quantitative estimate of drug-likeness (QED) is 0.886. The van der Waals surface area contributed by atoms with Crippen LogP contribution in [0.15, 0.2) is 22.7 Å². The summed E-state index contributed by atoms with van der Waals surface area (Å²) in [4.78, 5) is 10.6. The Labute approximate surface area is 88.9 Å². The van der Waals surface area contributed by atoms with Crippen LogP contribution in [0.3, 0.4) is 0 Å². The van der Waals surface area contributed by atoms with Gasteiger partial charge in [0, 0.05) is 10.4 Å². The van der Waals surface area contributed by atoms with Crippen molar-refractivity contribution in [3.8, 4) is 0 Å². The lowest BCUT2D eigenvalue weighted by molar-refractivity contribution is -0.138. The average Bonchev–Trinajstić information content (AvgIpc) is 2.88. The summed E-state index contributed by atoms with van der Waals surface area (Å²) in [5.41, 5.74) is 0.506. The maximum absolute atomic E-state index is 13.3. The third kappa shape index (κ3) is 1.66. The molecule has 0 saturated heterocycles. The van der Waals surface area contributed by atoms with Crippen molar-refractivity contribution in [2.75, 3.05) is 0 Å². The van der Waals surface area contributed by atoms with Gasteiger partial charge in [0.1, 0.15) is 5.82 Å². The summed E-state index contributed by atoms with van der Waals surface area (Å²) in [7, 11) is 0. The van der Waals surface area contributed by atoms with Crippen LogP contribution < -0.4 is 0 Å². The van der Waals surface area contributed by atoms with Crippen molar-refractivity contribution in [2.45, 2.75) is 12.3 Å². The zero-order valence-corrected chi connectivity index (χ0v) is 8.79. The van der Waals surface area contributed by atoms with Crippen LogP contribution >= 0.6 is 15.9 Å². The Morgan fingerprint density at radius 2 is 2.29 bits per heavy atom. The number of rotatable bonds is 2. The van der Waals surface area contributed by atoms with E-state index >= 15 is 0 Å². The predicted octanol–water partition coefficient (Wildman–Crippen LogP) is 2.78. The summed E-state index contributed by atoms with van der Waals surface area (Å²) >= 11 is 3.24. The molecule has 14 heavy (non-hydrogen) atoms. The molecule has 0 heterocycles. The summed E-state index contributed by atoms with van der Waals surface area (Å²) in [6.07, 6.45) is 0.544. The Kier molecular flexibility index (Phi) is 2.31. The van der Waals surface area contributed by atoms with Gasteiger partial charge in [-0.2, -0.15) is 0 Å². The summed E-state index contributed by atoms with van der Waals surface area (Å²) in [5, 5.41) is 8.71.